The van der Waals surface area contributed by atoms with Crippen LogP contribution in [-0.2, 0) is 0 Å². The van der Waals surface area contributed by atoms with Crippen molar-refractivity contribution < 1.29 is 9.84 Å². The van der Waals surface area contributed by atoms with E-state index in [0.29, 0.717) is 5.11 Å². The predicted octanol–water partition coefficient (Wildman–Crippen LogP) is 6.16. The summed E-state index contributed by atoms with van der Waals surface area (Å²) in [5, 5.41) is 14.8. The van der Waals surface area contributed by atoms with Crippen LogP contribution in [0, 0.1) is 13.8 Å². The highest BCUT2D eigenvalue weighted by Crippen LogP contribution is 2.44. The van der Waals surface area contributed by atoms with Crippen LogP contribution >= 0.6 is 12.2 Å². The Bertz CT molecular complexity index is 1380. The molecule has 3 heterocycles. The summed E-state index contributed by atoms with van der Waals surface area (Å²) in [7, 11) is 0. The molecule has 0 saturated carbocycles. The highest BCUT2D eigenvalue weighted by atomic mass is 32.1. The van der Waals surface area contributed by atoms with Gasteiger partial charge in [0.25, 0.3) is 0 Å². The Hall–Kier alpha value is -3.84. The van der Waals surface area contributed by atoms with E-state index >= 15 is 0 Å². The lowest BCUT2D eigenvalue weighted by molar-refractivity contribution is 0.242. The summed E-state index contributed by atoms with van der Waals surface area (Å²) >= 11 is 5.89. The van der Waals surface area contributed by atoms with Crippen molar-refractivity contribution in [2.24, 2.45) is 0 Å². The van der Waals surface area contributed by atoms with Gasteiger partial charge in [-0.1, -0.05) is 18.2 Å². The average molecular weight is 499 g/mol. The summed E-state index contributed by atoms with van der Waals surface area (Å²) in [5.41, 5.74) is 5.82. The number of ether oxygens (including phenoxy) is 1. The summed E-state index contributed by atoms with van der Waals surface area (Å²) in [5.74, 6) is 1.06. The molecular formula is C29H30N4O2S. The summed E-state index contributed by atoms with van der Waals surface area (Å²) in [6.07, 6.45) is 1.91. The summed E-state index contributed by atoms with van der Waals surface area (Å²) in [6, 6.07) is 23.3. The second-order valence-electron chi connectivity index (χ2n) is 9.31. The van der Waals surface area contributed by atoms with Crippen molar-refractivity contribution in [1.82, 2.24) is 14.9 Å². The average Bonchev–Trinajstić information content (AvgIpc) is 3.35. The van der Waals surface area contributed by atoms with E-state index in [1.165, 1.54) is 0 Å². The SMILES string of the molecule is Cc1cc([C@@H]2[C@@H](c3ccccn3)NC(=S)N2c2ccc(OC(C)C)cc2)c(C)n1-c1ccccc1O. The Kier molecular flexibility index (Phi) is 6.41. The van der Waals surface area contributed by atoms with Gasteiger partial charge in [0.2, 0.25) is 0 Å². The van der Waals surface area contributed by atoms with Crippen LogP contribution in [0.5, 0.6) is 11.5 Å². The normalized spacial score (nSPS) is 17.5. The highest BCUT2D eigenvalue weighted by Gasteiger charge is 2.42. The maximum atomic E-state index is 10.6. The number of aryl methyl sites for hydroxylation is 1. The number of benzene rings is 2. The van der Waals surface area contributed by atoms with Crippen molar-refractivity contribution in [3.63, 3.8) is 0 Å². The highest BCUT2D eigenvalue weighted by molar-refractivity contribution is 7.80. The third-order valence-electron chi connectivity index (χ3n) is 6.50. The molecule has 2 N–H and O–H groups in total. The number of thiocarbonyl (C=S) groups is 1. The minimum Gasteiger partial charge on any atom is -0.506 e. The third kappa shape index (κ3) is 4.31. The van der Waals surface area contributed by atoms with Crippen LogP contribution in [0.3, 0.4) is 0 Å². The Morgan fingerprint density at radius 2 is 1.72 bits per heavy atom. The zero-order valence-corrected chi connectivity index (χ0v) is 21.7. The molecule has 1 aliphatic rings. The molecule has 6 nitrogen and oxygen atoms in total. The largest absolute Gasteiger partial charge is 0.506 e. The molecule has 2 aromatic heterocycles. The number of aromatic nitrogens is 2. The van der Waals surface area contributed by atoms with Gasteiger partial charge in [0.15, 0.2) is 5.11 Å². The van der Waals surface area contributed by atoms with Crippen LogP contribution in [0.2, 0.25) is 0 Å². The molecule has 0 aliphatic carbocycles. The quantitative estimate of drug-likeness (QED) is 0.311. The molecule has 0 spiro atoms. The molecule has 7 heteroatoms. The van der Waals surface area contributed by atoms with Gasteiger partial charge in [-0.15, -0.1) is 0 Å². The number of phenolic OH excluding ortho intramolecular Hbond substituents is 1. The van der Waals surface area contributed by atoms with Gasteiger partial charge in [-0.05, 0) is 100 Å². The molecule has 2 atom stereocenters. The molecule has 0 radical (unpaired) electrons. The Morgan fingerprint density at radius 1 is 1.00 bits per heavy atom. The zero-order chi connectivity index (χ0) is 25.4. The van der Waals surface area contributed by atoms with E-state index in [1.54, 1.807) is 6.07 Å². The summed E-state index contributed by atoms with van der Waals surface area (Å²) < 4.78 is 7.95. The monoisotopic (exact) mass is 498 g/mol. The lowest BCUT2D eigenvalue weighted by atomic mass is 9.96. The van der Waals surface area contributed by atoms with Crippen molar-refractivity contribution in [1.29, 1.82) is 0 Å². The van der Waals surface area contributed by atoms with Crippen molar-refractivity contribution in [3.05, 3.63) is 102 Å². The molecule has 0 amide bonds. The molecule has 0 unspecified atom stereocenters. The van der Waals surface area contributed by atoms with Crippen molar-refractivity contribution >= 4 is 23.0 Å². The zero-order valence-electron chi connectivity index (χ0n) is 20.8. The molecular weight excluding hydrogens is 468 g/mol. The number of anilines is 1. The molecule has 5 rings (SSSR count). The van der Waals surface area contributed by atoms with Gasteiger partial charge < -0.3 is 24.6 Å². The minimum atomic E-state index is -0.149. The standard InChI is InChI=1S/C29H30N4O2S/c1-18(2)35-22-14-12-21(13-15-22)33-28(27(31-29(33)36)24-9-7-8-16-30-24)23-17-19(3)32(20(23)4)25-10-5-6-11-26(25)34/h5-18,27-28,34H,1-4H3,(H,31,36)/t27-,28-/m1/s1. The molecule has 36 heavy (non-hydrogen) atoms. The number of aromatic hydroxyl groups is 1. The Morgan fingerprint density at radius 3 is 2.39 bits per heavy atom. The molecule has 1 fully saturated rings. The first-order valence-electron chi connectivity index (χ1n) is 12.1. The van der Waals surface area contributed by atoms with Crippen LogP contribution in [0.15, 0.2) is 79.0 Å². The second kappa shape index (κ2) is 9.66. The van der Waals surface area contributed by atoms with Crippen LogP contribution in [-0.4, -0.2) is 25.9 Å². The Labute approximate surface area is 217 Å². The number of phenols is 1. The minimum absolute atomic E-state index is 0.103. The van der Waals surface area contributed by atoms with E-state index in [2.05, 4.69) is 39.7 Å². The van der Waals surface area contributed by atoms with Gasteiger partial charge in [-0.3, -0.25) is 4.98 Å². The first-order valence-corrected chi connectivity index (χ1v) is 12.5. The van der Waals surface area contributed by atoms with E-state index in [-0.39, 0.29) is 23.9 Å². The topological polar surface area (TPSA) is 62.5 Å². The fourth-order valence-corrected chi connectivity index (χ4v) is 5.36. The number of hydrogen-bond donors (Lipinski definition) is 2. The van der Waals surface area contributed by atoms with E-state index in [0.717, 1.165) is 39.8 Å². The predicted molar refractivity (Wildman–Crippen MR) is 147 cm³/mol. The third-order valence-corrected chi connectivity index (χ3v) is 6.81. The lowest BCUT2D eigenvalue weighted by Gasteiger charge is -2.28. The Balaban J connectivity index is 1.64. The summed E-state index contributed by atoms with van der Waals surface area (Å²) in [4.78, 5) is 6.82. The molecule has 4 aromatic rings. The van der Waals surface area contributed by atoms with Crippen molar-refractivity contribution in [2.75, 3.05) is 4.90 Å². The van der Waals surface area contributed by atoms with Gasteiger partial charge in [0.1, 0.15) is 11.5 Å². The fraction of sp³-hybridized carbons (Fsp3) is 0.241. The maximum absolute atomic E-state index is 10.6. The number of hydrogen-bond acceptors (Lipinski definition) is 4. The molecule has 1 aliphatic heterocycles. The van der Waals surface area contributed by atoms with Gasteiger partial charge >= 0.3 is 0 Å². The van der Waals surface area contributed by atoms with Gasteiger partial charge in [0.05, 0.1) is 29.6 Å². The van der Waals surface area contributed by atoms with Crippen molar-refractivity contribution in [2.45, 2.75) is 45.9 Å². The van der Waals surface area contributed by atoms with Crippen LogP contribution in [0.25, 0.3) is 5.69 Å². The van der Waals surface area contributed by atoms with E-state index < -0.39 is 0 Å². The van der Waals surface area contributed by atoms with Gasteiger partial charge in [-0.25, -0.2) is 0 Å². The number of para-hydroxylation sites is 2. The van der Waals surface area contributed by atoms with Gasteiger partial charge in [0, 0.05) is 23.3 Å². The van der Waals surface area contributed by atoms with E-state index in [9.17, 15) is 5.11 Å². The maximum Gasteiger partial charge on any atom is 0.174 e. The molecule has 2 aromatic carbocycles. The number of pyridine rings is 1. The summed E-state index contributed by atoms with van der Waals surface area (Å²) in [6.45, 7) is 8.17. The number of rotatable bonds is 6. The molecule has 0 bridgehead atoms. The van der Waals surface area contributed by atoms with E-state index in [1.807, 2.05) is 80.7 Å². The smallest absolute Gasteiger partial charge is 0.174 e. The van der Waals surface area contributed by atoms with Gasteiger partial charge in [-0.2, -0.15) is 0 Å². The van der Waals surface area contributed by atoms with Crippen LogP contribution < -0.4 is 15.0 Å². The second-order valence-corrected chi connectivity index (χ2v) is 9.69. The molecule has 1 saturated heterocycles. The first kappa shape index (κ1) is 23.9. The number of nitrogens with one attached hydrogen (secondary N) is 1. The molecule has 184 valence electrons. The first-order chi connectivity index (χ1) is 17.3. The fourth-order valence-electron chi connectivity index (χ4n) is 5.02. The van der Waals surface area contributed by atoms with E-state index in [4.69, 9.17) is 17.0 Å². The number of nitrogens with zero attached hydrogens (tertiary/aromatic N) is 3. The van der Waals surface area contributed by atoms with Crippen LogP contribution in [0.4, 0.5) is 5.69 Å². The van der Waals surface area contributed by atoms with Crippen LogP contribution in [0.1, 0.15) is 48.6 Å². The lowest BCUT2D eigenvalue weighted by Crippen LogP contribution is -2.29. The van der Waals surface area contributed by atoms with Crippen molar-refractivity contribution in [3.8, 4) is 17.2 Å².